The number of ether oxygens (including phenoxy) is 5. The molecular weight excluding hydrogens is 1390 g/mol. The number of hydrogen-bond donors (Lipinski definition) is 2. The van der Waals surface area contributed by atoms with E-state index in [1.165, 1.54) is 74.3 Å². The molecule has 554 valence electrons. The van der Waals surface area contributed by atoms with Crippen LogP contribution in [0.1, 0.15) is 127 Å². The Morgan fingerprint density at radius 1 is 0.467 bits per heavy atom. The summed E-state index contributed by atoms with van der Waals surface area (Å²) >= 11 is 0. The third-order valence-electron chi connectivity index (χ3n) is 22.7. The van der Waals surface area contributed by atoms with Gasteiger partial charge in [0.2, 0.25) is 0 Å². The van der Waals surface area contributed by atoms with E-state index >= 15 is 0 Å². The number of aryl methyl sites for hydroxylation is 1. The Hall–Kier alpha value is -10.8. The number of rotatable bonds is 16. The van der Waals surface area contributed by atoms with Crippen LogP contribution in [0.25, 0.3) is 44.9 Å². The zero-order chi connectivity index (χ0) is 74.9. The van der Waals surface area contributed by atoms with Crippen LogP contribution in [0.4, 0.5) is 39.5 Å². The summed E-state index contributed by atoms with van der Waals surface area (Å²) in [6.45, 7) is 12.9. The maximum atomic E-state index is 14.0. The first-order valence-corrected chi connectivity index (χ1v) is 34.9. The molecule has 0 saturated heterocycles. The Bertz CT molecular complexity index is 5370. The van der Waals surface area contributed by atoms with Gasteiger partial charge in [0.15, 0.2) is 11.4 Å². The van der Waals surface area contributed by atoms with Crippen LogP contribution < -0.4 is 23.7 Å². The number of carboxylic acids is 2. The second-order valence-electron chi connectivity index (χ2n) is 28.6. The molecule has 22 heteroatoms. The minimum absolute atomic E-state index is 0. The monoisotopic (exact) mass is 1470 g/mol. The lowest BCUT2D eigenvalue weighted by Crippen LogP contribution is -2.09. The van der Waals surface area contributed by atoms with Gasteiger partial charge in [0.1, 0.15) is 59.9 Å². The number of halogens is 9. The number of benzene rings is 7. The van der Waals surface area contributed by atoms with E-state index in [4.69, 9.17) is 23.7 Å². The first kappa shape index (κ1) is 73.1. The van der Waals surface area contributed by atoms with Gasteiger partial charge in [-0.25, -0.2) is 9.97 Å². The van der Waals surface area contributed by atoms with Gasteiger partial charge >= 0.3 is 30.5 Å². The van der Waals surface area contributed by atoms with Crippen LogP contribution in [0.15, 0.2) is 158 Å². The molecule has 0 amide bonds. The molecular formula is C85H77F9N4O9. The molecule has 9 atom stereocenters. The molecule has 0 spiro atoms. The van der Waals surface area contributed by atoms with E-state index in [0.717, 1.165) is 81.2 Å². The molecule has 2 N–H and O–H groups in total. The molecule has 7 aromatic carbocycles. The molecule has 0 aliphatic heterocycles. The lowest BCUT2D eigenvalue weighted by atomic mass is 9.90. The molecule has 6 aliphatic rings. The quantitative estimate of drug-likeness (QED) is 0.0888. The Morgan fingerprint density at radius 2 is 0.888 bits per heavy atom. The Morgan fingerprint density at radius 3 is 1.32 bits per heavy atom. The van der Waals surface area contributed by atoms with Crippen molar-refractivity contribution in [2.45, 2.75) is 124 Å². The second kappa shape index (κ2) is 27.5. The van der Waals surface area contributed by atoms with E-state index in [-0.39, 0.29) is 78.7 Å². The van der Waals surface area contributed by atoms with Crippen LogP contribution in [-0.4, -0.2) is 55.1 Å². The van der Waals surface area contributed by atoms with Gasteiger partial charge in [-0.3, -0.25) is 18.4 Å². The number of nitrogens with zero attached hydrogens (tertiary/aromatic N) is 4. The fraction of sp³-hybridized carbons (Fsp3) is 0.318. The van der Waals surface area contributed by atoms with Gasteiger partial charge in [0.25, 0.3) is 0 Å². The third kappa shape index (κ3) is 13.4. The molecule has 3 fully saturated rings. The first-order chi connectivity index (χ1) is 50.5. The highest BCUT2D eigenvalue weighted by molar-refractivity contribution is 5.80. The van der Waals surface area contributed by atoms with Crippen molar-refractivity contribution in [3.8, 4) is 62.4 Å². The van der Waals surface area contributed by atoms with Crippen LogP contribution in [0.5, 0.6) is 28.7 Å². The summed E-state index contributed by atoms with van der Waals surface area (Å²) in [6.07, 6.45) is -9.08. The predicted molar refractivity (Wildman–Crippen MR) is 385 cm³/mol. The highest BCUT2D eigenvalue weighted by atomic mass is 19.4. The number of alkyl halides is 9. The van der Waals surface area contributed by atoms with Crippen LogP contribution in [0.2, 0.25) is 0 Å². The summed E-state index contributed by atoms with van der Waals surface area (Å²) in [5, 5.41) is 18.6. The maximum Gasteiger partial charge on any atom is 0.435 e. The summed E-state index contributed by atoms with van der Waals surface area (Å²) in [4.78, 5) is 30.1. The van der Waals surface area contributed by atoms with E-state index in [9.17, 15) is 59.3 Å². The van der Waals surface area contributed by atoms with Crippen LogP contribution in [-0.2, 0) is 67.2 Å². The highest BCUT2D eigenvalue weighted by Gasteiger charge is 2.61. The molecule has 6 aliphatic carbocycles. The summed E-state index contributed by atoms with van der Waals surface area (Å²) < 4.78 is 155. The van der Waals surface area contributed by atoms with Crippen molar-refractivity contribution in [2.24, 2.45) is 35.5 Å². The van der Waals surface area contributed by atoms with Gasteiger partial charge in [-0.1, -0.05) is 93.2 Å². The Kier molecular flexibility index (Phi) is 18.8. The standard InChI is InChI=1S/C28H22F6N2O.C28H23F3N2O4.C28H28O4.CH4/c1-14-16(13-37-19-6-7-21-17(10-19)11-22-15(2)24(21)22)4-3-5-20(14)25-26(28(32,33)34)35-23-12-18(27(29,30)31)8-9-36(23)25;1-14-15(13-37-18-6-7-20-16(10-18)11-21-23(20)24(21)27(34)35)4-3-5-19(14)25-26(28(29,30)31)32-22-12-17(36-2)8-9-33(22)25;1-15-8-11-24(31-4)17(3)25(15)21-7-5-6-18(16(21)2)14-32-20-9-10-22-19(12-20)13-23-26(22)27(23)28(29)30;/h3-10,12,15,22,24H,11,13H2,1-2H3;3-10,12,21,23-24H,11,13H2,1-2H3,(H,34,35);5-12,23,26-27H,13-14H2,1-4H3,(H,29,30);1H4. The molecule has 0 radical (unpaired) electrons. The topological polar surface area (TPSA) is 155 Å². The van der Waals surface area contributed by atoms with Crippen LogP contribution >= 0.6 is 0 Å². The average Bonchev–Trinajstić information content (AvgIpc) is 1.56. The van der Waals surface area contributed by atoms with Gasteiger partial charge in [-0.2, -0.15) is 39.5 Å². The Labute approximate surface area is 611 Å². The third-order valence-corrected chi connectivity index (χ3v) is 22.7. The van der Waals surface area contributed by atoms with Crippen molar-refractivity contribution in [1.82, 2.24) is 18.8 Å². The molecule has 13 nitrogen and oxygen atoms in total. The van der Waals surface area contributed by atoms with E-state index in [2.05, 4.69) is 80.1 Å². The van der Waals surface area contributed by atoms with Crippen molar-refractivity contribution in [3.63, 3.8) is 0 Å². The number of carboxylic acid groups (broad SMARTS) is 2. The van der Waals surface area contributed by atoms with Gasteiger partial charge < -0.3 is 33.9 Å². The van der Waals surface area contributed by atoms with E-state index in [1.807, 2.05) is 48.5 Å². The number of imidazole rings is 2. The zero-order valence-electron chi connectivity index (χ0n) is 58.9. The highest BCUT2D eigenvalue weighted by Crippen LogP contribution is 2.64. The zero-order valence-corrected chi connectivity index (χ0v) is 58.9. The predicted octanol–water partition coefficient (Wildman–Crippen LogP) is 20.2. The van der Waals surface area contributed by atoms with Gasteiger partial charge in [0.05, 0.1) is 43.0 Å². The summed E-state index contributed by atoms with van der Waals surface area (Å²) in [7, 11) is 3.16. The van der Waals surface area contributed by atoms with Gasteiger partial charge in [-0.15, -0.1) is 0 Å². The second-order valence-corrected chi connectivity index (χ2v) is 28.6. The number of aliphatic carboxylic acids is 2. The summed E-state index contributed by atoms with van der Waals surface area (Å²) in [6, 6.07) is 42.9. The largest absolute Gasteiger partial charge is 0.497 e. The van der Waals surface area contributed by atoms with Crippen LogP contribution in [0.3, 0.4) is 0 Å². The lowest BCUT2D eigenvalue weighted by molar-refractivity contribution is -0.141. The molecule has 11 aromatic rings. The number of aromatic nitrogens is 4. The molecule has 4 heterocycles. The van der Waals surface area contributed by atoms with Gasteiger partial charge in [0, 0.05) is 41.4 Å². The van der Waals surface area contributed by atoms with Crippen molar-refractivity contribution in [3.05, 3.63) is 253 Å². The van der Waals surface area contributed by atoms with Crippen molar-refractivity contribution < 1.29 is 83.0 Å². The van der Waals surface area contributed by atoms with Crippen LogP contribution in [0, 0.1) is 70.1 Å². The van der Waals surface area contributed by atoms with E-state index in [0.29, 0.717) is 64.0 Å². The van der Waals surface area contributed by atoms with Crippen molar-refractivity contribution in [2.75, 3.05) is 14.2 Å². The first-order valence-electron chi connectivity index (χ1n) is 34.9. The van der Waals surface area contributed by atoms with E-state index < -0.39 is 53.1 Å². The number of hydrogen-bond acceptors (Lipinski definition) is 9. The normalized spacial score (nSPS) is 20.2. The maximum absolute atomic E-state index is 14.0. The minimum atomic E-state index is -4.86. The smallest absolute Gasteiger partial charge is 0.435 e. The molecule has 3 saturated carbocycles. The minimum Gasteiger partial charge on any atom is -0.497 e. The lowest BCUT2D eigenvalue weighted by Gasteiger charge is -2.18. The van der Waals surface area contributed by atoms with Gasteiger partial charge in [-0.05, 0) is 233 Å². The molecule has 17 rings (SSSR count). The number of fused-ring (bicyclic) bond motifs is 11. The number of methoxy groups -OCH3 is 2. The fourth-order valence-electron chi connectivity index (χ4n) is 17.0. The molecule has 4 aromatic heterocycles. The number of pyridine rings is 2. The molecule has 9 unspecified atom stereocenters. The molecule has 107 heavy (non-hydrogen) atoms. The fourth-order valence-corrected chi connectivity index (χ4v) is 17.0. The average molecular weight is 1470 g/mol. The summed E-state index contributed by atoms with van der Waals surface area (Å²) in [5.74, 6) is 4.43. The van der Waals surface area contributed by atoms with Crippen molar-refractivity contribution in [1.29, 1.82) is 0 Å². The molecule has 0 bridgehead atoms. The summed E-state index contributed by atoms with van der Waals surface area (Å²) in [5.41, 5.74) is 13.8. The Balaban J connectivity index is 0.000000134. The number of carbonyl (C=O) groups is 2. The SMILES string of the molecule is C.COc1ccc(C)c(-c2cccc(COc3ccc4c(c3)CC3C(C(=O)O)C43)c2C)c1C.COc1ccn2c(-c3cccc(COc4ccc5c(c4)CC4C(C(=O)O)C54)c3C)c(C(F)(F)F)nc2c1.Cc1c(COc2ccc3c(c2)CC2C(C)C32)cccc1-c1c(C(F)(F)F)nc2cc(C(F)(F)F)ccn12. The van der Waals surface area contributed by atoms with Crippen molar-refractivity contribution >= 4 is 23.2 Å². The van der Waals surface area contributed by atoms with E-state index in [1.54, 1.807) is 51.3 Å².